The highest BCUT2D eigenvalue weighted by molar-refractivity contribution is 7.80. The quantitative estimate of drug-likeness (QED) is 0.237. The number of nitro benzene ring substituents is 1. The number of para-hydroxylation sites is 2. The molecule has 3 heterocycles. The Balaban J connectivity index is 1.63. The van der Waals surface area contributed by atoms with Gasteiger partial charge in [-0.05, 0) is 54.7 Å². The second-order valence-corrected chi connectivity index (χ2v) is 7.81. The van der Waals surface area contributed by atoms with Gasteiger partial charge in [0.05, 0.1) is 27.9 Å². The van der Waals surface area contributed by atoms with Crippen LogP contribution in [0.5, 0.6) is 0 Å². The van der Waals surface area contributed by atoms with Gasteiger partial charge in [-0.2, -0.15) is 0 Å². The minimum Gasteiger partial charge on any atom is -0.459 e. The highest BCUT2D eigenvalue weighted by Gasteiger charge is 2.43. The van der Waals surface area contributed by atoms with Crippen LogP contribution in [-0.2, 0) is 0 Å². The number of thiocarbonyl (C=S) groups is 1. The summed E-state index contributed by atoms with van der Waals surface area (Å²) in [4.78, 5) is 17.1. The lowest BCUT2D eigenvalue weighted by atomic mass is 10.0. The van der Waals surface area contributed by atoms with Crippen LogP contribution in [0.1, 0.15) is 23.5 Å². The number of aromatic nitrogens is 1. The maximum Gasteiger partial charge on any atom is 0.280 e. The van der Waals surface area contributed by atoms with Crippen molar-refractivity contribution in [2.24, 2.45) is 0 Å². The number of hydrogen-bond donors (Lipinski definition) is 1. The van der Waals surface area contributed by atoms with E-state index >= 15 is 0 Å². The smallest absolute Gasteiger partial charge is 0.280 e. The van der Waals surface area contributed by atoms with Crippen molar-refractivity contribution in [1.29, 1.82) is 0 Å². The number of halogens is 1. The number of nitrogens with zero attached hydrogens (tertiary/aromatic N) is 3. The van der Waals surface area contributed by atoms with Crippen molar-refractivity contribution in [3.8, 4) is 11.3 Å². The number of nitro groups is 1. The molecule has 0 aliphatic carbocycles. The molecule has 5 rings (SSSR count). The summed E-state index contributed by atoms with van der Waals surface area (Å²) < 4.78 is 20.9. The minimum atomic E-state index is -0.569. The molecule has 2 aromatic carbocycles. The first-order valence-electron chi connectivity index (χ1n) is 10.1. The Hall–Kier alpha value is -4.11. The molecule has 0 amide bonds. The van der Waals surface area contributed by atoms with Gasteiger partial charge >= 0.3 is 0 Å². The second kappa shape index (κ2) is 8.44. The first-order valence-corrected chi connectivity index (χ1v) is 10.5. The van der Waals surface area contributed by atoms with E-state index in [-0.39, 0.29) is 5.69 Å². The zero-order valence-electron chi connectivity index (χ0n) is 17.1. The third-order valence-electron chi connectivity index (χ3n) is 5.49. The molecule has 1 fully saturated rings. The van der Waals surface area contributed by atoms with E-state index in [2.05, 4.69) is 10.3 Å². The van der Waals surface area contributed by atoms with Gasteiger partial charge in [-0.1, -0.05) is 30.3 Å². The van der Waals surface area contributed by atoms with Gasteiger partial charge in [0, 0.05) is 12.3 Å². The average molecular weight is 460 g/mol. The Morgan fingerprint density at radius 3 is 2.55 bits per heavy atom. The van der Waals surface area contributed by atoms with Gasteiger partial charge in [0.25, 0.3) is 5.69 Å². The fourth-order valence-electron chi connectivity index (χ4n) is 4.05. The Labute approximate surface area is 193 Å². The average Bonchev–Trinajstić information content (AvgIpc) is 3.44. The summed E-state index contributed by atoms with van der Waals surface area (Å²) in [6, 6.07) is 20.6. The van der Waals surface area contributed by atoms with Gasteiger partial charge in [0.1, 0.15) is 23.4 Å². The lowest BCUT2D eigenvalue weighted by molar-refractivity contribution is -0.384. The van der Waals surface area contributed by atoms with Crippen LogP contribution in [0.25, 0.3) is 11.3 Å². The van der Waals surface area contributed by atoms with Gasteiger partial charge < -0.3 is 14.6 Å². The molecule has 1 aliphatic rings. The summed E-state index contributed by atoms with van der Waals surface area (Å²) in [7, 11) is 0. The van der Waals surface area contributed by atoms with Crippen LogP contribution in [-0.4, -0.2) is 15.0 Å². The topological polar surface area (TPSA) is 84.4 Å². The van der Waals surface area contributed by atoms with Gasteiger partial charge in [-0.3, -0.25) is 15.1 Å². The molecule has 9 heteroatoms. The van der Waals surface area contributed by atoms with Crippen LogP contribution in [0.4, 0.5) is 15.8 Å². The lowest BCUT2D eigenvalue weighted by Crippen LogP contribution is -2.30. The van der Waals surface area contributed by atoms with Crippen molar-refractivity contribution in [3.05, 3.63) is 112 Å². The molecule has 0 spiro atoms. The molecule has 7 nitrogen and oxygen atoms in total. The van der Waals surface area contributed by atoms with E-state index in [4.69, 9.17) is 16.6 Å². The van der Waals surface area contributed by atoms with Gasteiger partial charge in [0.2, 0.25) is 0 Å². The van der Waals surface area contributed by atoms with Gasteiger partial charge in [-0.15, -0.1) is 0 Å². The van der Waals surface area contributed by atoms with Crippen molar-refractivity contribution < 1.29 is 13.7 Å². The second-order valence-electron chi connectivity index (χ2n) is 7.42. The Bertz CT molecular complexity index is 1340. The number of anilines is 1. The third-order valence-corrected chi connectivity index (χ3v) is 5.81. The van der Waals surface area contributed by atoms with E-state index in [0.717, 1.165) is 0 Å². The number of pyridine rings is 1. The predicted octanol–water partition coefficient (Wildman–Crippen LogP) is 5.57. The van der Waals surface area contributed by atoms with Crippen LogP contribution in [0.2, 0.25) is 0 Å². The van der Waals surface area contributed by atoms with Crippen molar-refractivity contribution in [1.82, 2.24) is 10.3 Å². The number of benzene rings is 2. The molecular weight excluding hydrogens is 443 g/mol. The highest BCUT2D eigenvalue weighted by atomic mass is 32.1. The fourth-order valence-corrected chi connectivity index (χ4v) is 4.39. The maximum atomic E-state index is 14.8. The molecule has 0 bridgehead atoms. The molecule has 2 aromatic heterocycles. The standard InChI is InChI=1S/C24H17FN4O3S/c25-16-8-2-4-11-19(16)28-23(22(27-24(28)33)17-9-5-6-14-26-17)21-13-12-20(32-21)15-7-1-3-10-18(15)29(30)31/h1-14,22-23H,(H,27,33)/t22-,23-/m1/s1. The molecular formula is C24H17FN4O3S. The van der Waals surface area contributed by atoms with Crippen LogP contribution < -0.4 is 10.2 Å². The van der Waals surface area contributed by atoms with Crippen molar-refractivity contribution in [3.63, 3.8) is 0 Å². The summed E-state index contributed by atoms with van der Waals surface area (Å²) in [5.41, 5.74) is 1.29. The number of nitrogens with one attached hydrogen (secondary N) is 1. The van der Waals surface area contributed by atoms with Crippen LogP contribution >= 0.6 is 12.2 Å². The maximum absolute atomic E-state index is 14.8. The van der Waals surface area contributed by atoms with Crippen LogP contribution in [0.15, 0.2) is 89.5 Å². The van der Waals surface area contributed by atoms with E-state index in [0.29, 0.717) is 33.6 Å². The molecule has 4 aromatic rings. The number of rotatable bonds is 5. The van der Waals surface area contributed by atoms with Crippen molar-refractivity contribution >= 4 is 28.7 Å². The number of furan rings is 1. The fraction of sp³-hybridized carbons (Fsp3) is 0.0833. The third kappa shape index (κ3) is 3.72. The summed E-state index contributed by atoms with van der Waals surface area (Å²) >= 11 is 5.58. The van der Waals surface area contributed by atoms with E-state index in [9.17, 15) is 14.5 Å². The summed E-state index contributed by atoms with van der Waals surface area (Å²) in [6.07, 6.45) is 1.67. The lowest BCUT2D eigenvalue weighted by Gasteiger charge is -2.26. The molecule has 0 radical (unpaired) electrons. The van der Waals surface area contributed by atoms with E-state index in [1.165, 1.54) is 12.1 Å². The zero-order chi connectivity index (χ0) is 22.9. The van der Waals surface area contributed by atoms with E-state index in [1.807, 2.05) is 12.1 Å². The first-order chi connectivity index (χ1) is 16.0. The van der Waals surface area contributed by atoms with Crippen molar-refractivity contribution in [2.45, 2.75) is 12.1 Å². The molecule has 0 saturated carbocycles. The Morgan fingerprint density at radius 1 is 1.03 bits per heavy atom. The minimum absolute atomic E-state index is 0.0642. The molecule has 1 aliphatic heterocycles. The molecule has 1 saturated heterocycles. The predicted molar refractivity (Wildman–Crippen MR) is 125 cm³/mol. The van der Waals surface area contributed by atoms with Crippen LogP contribution in [0.3, 0.4) is 0 Å². The van der Waals surface area contributed by atoms with Crippen LogP contribution in [0, 0.1) is 15.9 Å². The number of hydrogen-bond acceptors (Lipinski definition) is 5. The normalized spacial score (nSPS) is 17.7. The molecule has 33 heavy (non-hydrogen) atoms. The Kier molecular flexibility index (Phi) is 5.31. The summed E-state index contributed by atoms with van der Waals surface area (Å²) in [6.45, 7) is 0. The Morgan fingerprint density at radius 2 is 1.79 bits per heavy atom. The van der Waals surface area contributed by atoms with E-state index < -0.39 is 22.8 Å². The summed E-state index contributed by atoms with van der Waals surface area (Å²) in [5, 5.41) is 15.0. The summed E-state index contributed by atoms with van der Waals surface area (Å²) in [5.74, 6) is 0.372. The molecule has 1 N–H and O–H groups in total. The van der Waals surface area contributed by atoms with Gasteiger partial charge in [-0.25, -0.2) is 4.39 Å². The highest BCUT2D eigenvalue weighted by Crippen LogP contribution is 2.44. The van der Waals surface area contributed by atoms with Gasteiger partial charge in [0.15, 0.2) is 5.11 Å². The first kappa shape index (κ1) is 20.8. The molecule has 0 unspecified atom stereocenters. The molecule has 2 atom stereocenters. The largest absolute Gasteiger partial charge is 0.459 e. The van der Waals surface area contributed by atoms with Crippen molar-refractivity contribution in [2.75, 3.05) is 4.90 Å². The SMILES string of the molecule is O=[N+]([O-])c1ccccc1-c1ccc([C@@H]2[C@@H](c3ccccn3)NC(=S)N2c2ccccc2F)o1. The monoisotopic (exact) mass is 460 g/mol. The van der Waals surface area contributed by atoms with E-state index in [1.54, 1.807) is 65.7 Å². The zero-order valence-corrected chi connectivity index (χ0v) is 17.9. The molecule has 164 valence electrons.